The van der Waals surface area contributed by atoms with Gasteiger partial charge in [0, 0.05) is 0 Å². The molecule has 4 heteroatoms. The zero-order valence-electron chi connectivity index (χ0n) is 3.46. The van der Waals surface area contributed by atoms with Crippen LogP contribution in [0, 0.1) is 5.21 Å². The van der Waals surface area contributed by atoms with E-state index in [2.05, 4.69) is 17.6 Å². The van der Waals surface area contributed by atoms with Gasteiger partial charge in [0.25, 0.3) is 5.17 Å². The van der Waals surface area contributed by atoms with Crippen molar-refractivity contribution in [2.24, 2.45) is 4.99 Å². The fourth-order valence-corrected chi connectivity index (χ4v) is 0.455. The summed E-state index contributed by atoms with van der Waals surface area (Å²) in [6.07, 6.45) is 2.81. The molecule has 0 aliphatic carbocycles. The van der Waals surface area contributed by atoms with Gasteiger partial charge in [0.1, 0.15) is 6.20 Å². The fraction of sp³-hybridized carbons (Fsp3) is 0. The fourth-order valence-electron chi connectivity index (χ4n) is 0.314. The van der Waals surface area contributed by atoms with Gasteiger partial charge in [0.15, 0.2) is 0 Å². The Morgan fingerprint density at radius 2 is 2.57 bits per heavy atom. The minimum atomic E-state index is -0.108. The average molecular weight is 116 g/mol. The number of nitrogens with zero attached hydrogens (tertiary/aromatic N) is 1. The summed E-state index contributed by atoms with van der Waals surface area (Å²) in [6.45, 7) is 0. The van der Waals surface area contributed by atoms with Gasteiger partial charge in [-0.1, -0.05) is 12.6 Å². The molecule has 1 aliphatic rings. The summed E-state index contributed by atoms with van der Waals surface area (Å²) in [5.74, 6) is 0. The first-order chi connectivity index (χ1) is 3.30. The number of quaternary nitrogens is 1. The number of hydrogen-bond acceptors (Lipinski definition) is 2. The zero-order chi connectivity index (χ0) is 5.28. The molecule has 7 heavy (non-hydrogen) atoms. The highest BCUT2D eigenvalue weighted by molar-refractivity contribution is 7.96. The van der Waals surface area contributed by atoms with Crippen LogP contribution >= 0.6 is 12.6 Å². The summed E-state index contributed by atoms with van der Waals surface area (Å²) in [4.78, 5) is 3.57. The van der Waals surface area contributed by atoms with Crippen molar-refractivity contribution in [2.75, 3.05) is 0 Å². The average Bonchev–Trinajstić information content (AvgIpc) is 1.91. The highest BCUT2D eigenvalue weighted by Crippen LogP contribution is 1.81. The quantitative estimate of drug-likeness (QED) is 0.314. The van der Waals surface area contributed by atoms with Crippen LogP contribution in [0.2, 0.25) is 0 Å². The van der Waals surface area contributed by atoms with E-state index in [1.165, 1.54) is 12.4 Å². The Kier molecular flexibility index (Phi) is 1.14. The first-order valence-electron chi connectivity index (χ1n) is 1.78. The summed E-state index contributed by atoms with van der Waals surface area (Å²) in [5.41, 5.74) is 0. The number of thiol groups is 1. The SMILES string of the molecule is [O-][NH+]1C=CN=C1S. The van der Waals surface area contributed by atoms with Crippen molar-refractivity contribution in [1.82, 2.24) is 0 Å². The monoisotopic (exact) mass is 116 g/mol. The lowest BCUT2D eigenvalue weighted by Crippen LogP contribution is -3.03. The number of rotatable bonds is 0. The second-order valence-electron chi connectivity index (χ2n) is 1.13. The van der Waals surface area contributed by atoms with Crippen molar-refractivity contribution >= 4 is 17.8 Å². The van der Waals surface area contributed by atoms with E-state index in [0.717, 1.165) is 0 Å². The van der Waals surface area contributed by atoms with E-state index in [0.29, 0.717) is 0 Å². The van der Waals surface area contributed by atoms with E-state index < -0.39 is 0 Å². The van der Waals surface area contributed by atoms with Crippen LogP contribution in [-0.4, -0.2) is 5.17 Å². The molecule has 0 radical (unpaired) electrons. The smallest absolute Gasteiger partial charge is 0.263 e. The van der Waals surface area contributed by atoms with Gasteiger partial charge >= 0.3 is 0 Å². The Labute approximate surface area is 46.3 Å². The van der Waals surface area contributed by atoms with Gasteiger partial charge in [-0.2, -0.15) is 4.99 Å². The van der Waals surface area contributed by atoms with Crippen molar-refractivity contribution in [2.45, 2.75) is 0 Å². The van der Waals surface area contributed by atoms with E-state index in [4.69, 9.17) is 0 Å². The molecule has 0 saturated carbocycles. The topological polar surface area (TPSA) is 39.9 Å². The maximum absolute atomic E-state index is 10.3. The van der Waals surface area contributed by atoms with E-state index in [1.807, 2.05) is 0 Å². The van der Waals surface area contributed by atoms with E-state index in [1.54, 1.807) is 0 Å². The van der Waals surface area contributed by atoms with Crippen LogP contribution in [0.15, 0.2) is 17.4 Å². The van der Waals surface area contributed by atoms with Crippen LogP contribution in [0.5, 0.6) is 0 Å². The maximum Gasteiger partial charge on any atom is 0.263 e. The molecule has 1 heterocycles. The minimum Gasteiger partial charge on any atom is -0.622 e. The number of nitrogens with one attached hydrogen (secondary N) is 1. The largest absolute Gasteiger partial charge is 0.622 e. The Hall–Kier alpha value is -0.320. The third-order valence-electron chi connectivity index (χ3n) is 0.643. The van der Waals surface area contributed by atoms with E-state index in [9.17, 15) is 5.21 Å². The molecule has 0 amide bonds. The normalized spacial score (nSPS) is 28.3. The molecule has 0 bridgehead atoms. The van der Waals surface area contributed by atoms with Gasteiger partial charge in [-0.15, -0.1) is 0 Å². The molecule has 0 saturated heterocycles. The molecular weight excluding hydrogens is 112 g/mol. The molecule has 0 aromatic heterocycles. The van der Waals surface area contributed by atoms with E-state index in [-0.39, 0.29) is 10.2 Å². The third kappa shape index (κ3) is 0.821. The van der Waals surface area contributed by atoms with Crippen LogP contribution in [0.3, 0.4) is 0 Å². The Morgan fingerprint density at radius 3 is 2.71 bits per heavy atom. The number of amidine groups is 1. The predicted molar refractivity (Wildman–Crippen MR) is 29.9 cm³/mol. The first kappa shape index (κ1) is 4.83. The van der Waals surface area contributed by atoms with E-state index >= 15 is 0 Å². The molecule has 1 rings (SSSR count). The third-order valence-corrected chi connectivity index (χ3v) is 0.979. The highest BCUT2D eigenvalue weighted by atomic mass is 32.1. The Bertz CT molecular complexity index is 131. The molecule has 3 nitrogen and oxygen atoms in total. The van der Waals surface area contributed by atoms with Crippen molar-refractivity contribution in [3.05, 3.63) is 17.6 Å². The van der Waals surface area contributed by atoms with Crippen LogP contribution < -0.4 is 5.06 Å². The molecule has 0 spiro atoms. The predicted octanol–water partition coefficient (Wildman–Crippen LogP) is -0.860. The van der Waals surface area contributed by atoms with Crippen LogP contribution in [-0.2, 0) is 0 Å². The van der Waals surface area contributed by atoms with Gasteiger partial charge < -0.3 is 5.21 Å². The molecule has 38 valence electrons. The lowest BCUT2D eigenvalue weighted by atomic mass is 10.9. The summed E-state index contributed by atoms with van der Waals surface area (Å²) in [5, 5.41) is 10.4. The highest BCUT2D eigenvalue weighted by Gasteiger charge is 2.01. The molecule has 0 aromatic rings. The molecular formula is C3H4N2OS. The van der Waals surface area contributed by atoms with Crippen LogP contribution in [0.1, 0.15) is 0 Å². The van der Waals surface area contributed by atoms with Crippen molar-refractivity contribution in [3.63, 3.8) is 0 Å². The molecule has 0 fully saturated rings. The van der Waals surface area contributed by atoms with Gasteiger partial charge in [-0.3, -0.25) is 5.06 Å². The second-order valence-corrected chi connectivity index (χ2v) is 1.56. The Balaban J connectivity index is 2.69. The van der Waals surface area contributed by atoms with Crippen molar-refractivity contribution in [1.29, 1.82) is 0 Å². The summed E-state index contributed by atoms with van der Waals surface area (Å²) >= 11 is 3.73. The van der Waals surface area contributed by atoms with Crippen LogP contribution in [0.25, 0.3) is 0 Å². The van der Waals surface area contributed by atoms with Gasteiger partial charge in [-0.05, 0) is 0 Å². The summed E-state index contributed by atoms with van der Waals surface area (Å²) < 4.78 is 0. The second kappa shape index (κ2) is 1.65. The number of hydrogen-bond donors (Lipinski definition) is 2. The summed E-state index contributed by atoms with van der Waals surface area (Å²) in [6, 6.07) is 0. The lowest BCUT2D eigenvalue weighted by molar-refractivity contribution is -0.675. The molecule has 1 unspecified atom stereocenters. The van der Waals surface area contributed by atoms with Crippen molar-refractivity contribution in [3.8, 4) is 0 Å². The minimum absolute atomic E-state index is 0.108. The number of hydroxylamine groups is 2. The first-order valence-corrected chi connectivity index (χ1v) is 2.23. The molecule has 1 aliphatic heterocycles. The molecule has 1 atom stereocenters. The zero-order valence-corrected chi connectivity index (χ0v) is 4.35. The van der Waals surface area contributed by atoms with Crippen molar-refractivity contribution < 1.29 is 5.06 Å². The summed E-state index contributed by atoms with van der Waals surface area (Å²) in [7, 11) is 0. The molecule has 0 aromatic carbocycles. The van der Waals surface area contributed by atoms with Gasteiger partial charge in [-0.25, -0.2) is 0 Å². The van der Waals surface area contributed by atoms with Gasteiger partial charge in [0.05, 0.1) is 6.20 Å². The molecule has 1 N–H and O–H groups in total. The lowest BCUT2D eigenvalue weighted by Gasteiger charge is -2.07. The number of aliphatic imine (C=N–C) groups is 1. The Morgan fingerprint density at radius 1 is 1.86 bits per heavy atom. The van der Waals surface area contributed by atoms with Crippen LogP contribution in [0.4, 0.5) is 0 Å². The standard InChI is InChI=1S/C3H4N2OS/c6-5-2-1-4-3(5)7/h1-2,5H,(H,4,7). The van der Waals surface area contributed by atoms with Gasteiger partial charge in [0.2, 0.25) is 0 Å². The maximum atomic E-state index is 10.3.